The highest BCUT2D eigenvalue weighted by Crippen LogP contribution is 2.34. The number of benzene rings is 2. The number of aliphatic carboxylic acids is 1. The van der Waals surface area contributed by atoms with Gasteiger partial charge >= 0.3 is 12.1 Å². The molecule has 0 spiro atoms. The first kappa shape index (κ1) is 24.9. The van der Waals surface area contributed by atoms with Crippen LogP contribution in [0.3, 0.4) is 0 Å². The maximum Gasteiger partial charge on any atom is 0.416 e. The molecule has 1 aromatic heterocycles. The van der Waals surface area contributed by atoms with Gasteiger partial charge in [-0.3, -0.25) is 4.79 Å². The van der Waals surface area contributed by atoms with E-state index in [1.165, 1.54) is 12.1 Å². The Morgan fingerprint density at radius 2 is 1.79 bits per heavy atom. The first-order chi connectivity index (χ1) is 15.3. The van der Waals surface area contributed by atoms with Crippen LogP contribution in [0.2, 0.25) is 0 Å². The molecule has 0 aliphatic carbocycles. The number of thioether (sulfide) groups is 1. The zero-order chi connectivity index (χ0) is 24.4. The standard InChI is InChI=1S/C25H27F3N2O2S/c1-16(15-33-20-7-5-6-17(12-20)13-22(31)32)21-14-30(29-23(21)24(2,3)4)19-10-8-18(9-11-19)25(26,27)28/h5-12,14,16H,13,15H2,1-4H3,(H,31,32). The summed E-state index contributed by atoms with van der Waals surface area (Å²) in [4.78, 5) is 12.0. The molecule has 3 aromatic rings. The van der Waals surface area contributed by atoms with Crippen LogP contribution in [0.25, 0.3) is 5.69 Å². The van der Waals surface area contributed by atoms with Gasteiger partial charge in [0.15, 0.2) is 0 Å². The summed E-state index contributed by atoms with van der Waals surface area (Å²) in [6.07, 6.45) is -2.49. The van der Waals surface area contributed by atoms with Crippen LogP contribution in [0.5, 0.6) is 0 Å². The van der Waals surface area contributed by atoms with Crippen molar-refractivity contribution in [3.63, 3.8) is 0 Å². The number of halogens is 3. The first-order valence-electron chi connectivity index (χ1n) is 10.6. The second kappa shape index (κ2) is 9.63. The van der Waals surface area contributed by atoms with Gasteiger partial charge in [-0.15, -0.1) is 11.8 Å². The van der Waals surface area contributed by atoms with Crippen molar-refractivity contribution in [2.45, 2.75) is 56.5 Å². The van der Waals surface area contributed by atoms with E-state index in [1.54, 1.807) is 22.5 Å². The Labute approximate surface area is 195 Å². The van der Waals surface area contributed by atoms with Crippen molar-refractivity contribution >= 4 is 17.7 Å². The van der Waals surface area contributed by atoms with Crippen LogP contribution in [0, 0.1) is 0 Å². The molecule has 1 atom stereocenters. The van der Waals surface area contributed by atoms with Gasteiger partial charge in [-0.2, -0.15) is 18.3 Å². The van der Waals surface area contributed by atoms with Crippen molar-refractivity contribution in [1.29, 1.82) is 0 Å². The number of aromatic nitrogens is 2. The van der Waals surface area contributed by atoms with Gasteiger partial charge in [-0.25, -0.2) is 4.68 Å². The summed E-state index contributed by atoms with van der Waals surface area (Å²) in [6, 6.07) is 12.5. The number of rotatable bonds is 7. The largest absolute Gasteiger partial charge is 0.481 e. The lowest BCUT2D eigenvalue weighted by Crippen LogP contribution is -2.16. The maximum absolute atomic E-state index is 12.9. The molecule has 0 saturated heterocycles. The topological polar surface area (TPSA) is 55.1 Å². The predicted molar refractivity (Wildman–Crippen MR) is 124 cm³/mol. The Morgan fingerprint density at radius 1 is 1.12 bits per heavy atom. The zero-order valence-electron chi connectivity index (χ0n) is 19.0. The lowest BCUT2D eigenvalue weighted by Gasteiger charge is -2.20. The van der Waals surface area contributed by atoms with Crippen LogP contribution in [-0.2, 0) is 22.8 Å². The number of carbonyl (C=O) groups is 1. The Kier molecular flexibility index (Phi) is 7.26. The molecule has 2 aromatic carbocycles. The summed E-state index contributed by atoms with van der Waals surface area (Å²) in [5.74, 6) is 0.00441. The van der Waals surface area contributed by atoms with Crippen LogP contribution in [0.1, 0.15) is 56.0 Å². The molecule has 0 bridgehead atoms. The number of carboxylic acid groups (broad SMARTS) is 1. The third-order valence-electron chi connectivity index (χ3n) is 5.20. The molecule has 176 valence electrons. The molecule has 0 saturated carbocycles. The van der Waals surface area contributed by atoms with Gasteiger partial charge in [0.2, 0.25) is 0 Å². The SMILES string of the molecule is CC(CSc1cccc(CC(=O)O)c1)c1cn(-c2ccc(C(F)(F)F)cc2)nc1C(C)(C)C. The summed E-state index contributed by atoms with van der Waals surface area (Å²) in [6.45, 7) is 8.28. The predicted octanol–water partition coefficient (Wildman–Crippen LogP) is 6.71. The average Bonchev–Trinajstić information content (AvgIpc) is 3.17. The lowest BCUT2D eigenvalue weighted by molar-refractivity contribution is -0.138. The smallest absolute Gasteiger partial charge is 0.416 e. The van der Waals surface area contributed by atoms with Gasteiger partial charge in [0.1, 0.15) is 0 Å². The minimum Gasteiger partial charge on any atom is -0.481 e. The van der Waals surface area contributed by atoms with Crippen LogP contribution >= 0.6 is 11.8 Å². The third-order valence-corrected chi connectivity index (χ3v) is 6.45. The molecule has 1 heterocycles. The normalized spacial score (nSPS) is 13.2. The number of hydrogen-bond acceptors (Lipinski definition) is 3. The molecular weight excluding hydrogens is 449 g/mol. The number of hydrogen-bond donors (Lipinski definition) is 1. The van der Waals surface area contributed by atoms with Gasteiger partial charge in [0, 0.05) is 22.3 Å². The maximum atomic E-state index is 12.9. The Balaban J connectivity index is 1.83. The fourth-order valence-corrected chi connectivity index (χ4v) is 4.53. The summed E-state index contributed by atoms with van der Waals surface area (Å²) in [5, 5.41) is 13.7. The molecule has 1 N–H and O–H groups in total. The van der Waals surface area contributed by atoms with Crippen LogP contribution in [0.15, 0.2) is 59.6 Å². The third kappa shape index (κ3) is 6.41. The molecule has 33 heavy (non-hydrogen) atoms. The average molecular weight is 477 g/mol. The molecule has 4 nitrogen and oxygen atoms in total. The van der Waals surface area contributed by atoms with Crippen molar-refractivity contribution < 1.29 is 23.1 Å². The van der Waals surface area contributed by atoms with Crippen molar-refractivity contribution in [3.05, 3.63) is 77.1 Å². The fraction of sp³-hybridized carbons (Fsp3) is 0.360. The lowest BCUT2D eigenvalue weighted by atomic mass is 9.86. The molecule has 0 radical (unpaired) electrons. The van der Waals surface area contributed by atoms with E-state index in [-0.39, 0.29) is 17.8 Å². The summed E-state index contributed by atoms with van der Waals surface area (Å²) in [7, 11) is 0. The van der Waals surface area contributed by atoms with Gasteiger partial charge in [0.25, 0.3) is 0 Å². The second-order valence-corrected chi connectivity index (χ2v) is 10.2. The molecule has 1 unspecified atom stereocenters. The van der Waals surface area contributed by atoms with Crippen LogP contribution in [0.4, 0.5) is 13.2 Å². The van der Waals surface area contributed by atoms with E-state index >= 15 is 0 Å². The number of carboxylic acids is 1. The molecular formula is C25H27F3N2O2S. The van der Waals surface area contributed by atoms with Crippen LogP contribution in [-0.4, -0.2) is 26.6 Å². The van der Waals surface area contributed by atoms with Crippen LogP contribution < -0.4 is 0 Å². The van der Waals surface area contributed by atoms with E-state index in [0.29, 0.717) is 5.69 Å². The van der Waals surface area contributed by atoms with E-state index in [0.717, 1.165) is 39.6 Å². The molecule has 0 fully saturated rings. The zero-order valence-corrected chi connectivity index (χ0v) is 19.8. The first-order valence-corrected chi connectivity index (χ1v) is 11.5. The monoisotopic (exact) mass is 476 g/mol. The summed E-state index contributed by atoms with van der Waals surface area (Å²) >= 11 is 1.64. The van der Waals surface area contributed by atoms with E-state index in [2.05, 4.69) is 27.7 Å². The Morgan fingerprint density at radius 3 is 2.36 bits per heavy atom. The Hall–Kier alpha value is -2.74. The highest BCUT2D eigenvalue weighted by atomic mass is 32.2. The van der Waals surface area contributed by atoms with E-state index in [1.807, 2.05) is 24.4 Å². The van der Waals surface area contributed by atoms with Crippen molar-refractivity contribution in [3.8, 4) is 5.69 Å². The number of nitrogens with zero attached hydrogens (tertiary/aromatic N) is 2. The number of alkyl halides is 3. The molecule has 0 aliphatic rings. The minimum absolute atomic E-state index is 0.0158. The van der Waals surface area contributed by atoms with Crippen molar-refractivity contribution in [1.82, 2.24) is 9.78 Å². The van der Waals surface area contributed by atoms with E-state index in [4.69, 9.17) is 10.2 Å². The molecule has 0 aliphatic heterocycles. The molecule has 3 rings (SSSR count). The second-order valence-electron chi connectivity index (χ2n) is 9.10. The highest BCUT2D eigenvalue weighted by molar-refractivity contribution is 7.99. The quantitative estimate of drug-likeness (QED) is 0.385. The fourth-order valence-electron chi connectivity index (χ4n) is 3.50. The summed E-state index contributed by atoms with van der Waals surface area (Å²) < 4.78 is 40.4. The van der Waals surface area contributed by atoms with Gasteiger partial charge in [0.05, 0.1) is 23.4 Å². The van der Waals surface area contributed by atoms with E-state index < -0.39 is 17.7 Å². The molecule has 0 amide bonds. The Bertz CT molecular complexity index is 1120. The highest BCUT2D eigenvalue weighted by Gasteiger charge is 2.30. The minimum atomic E-state index is -4.38. The van der Waals surface area contributed by atoms with Gasteiger partial charge in [-0.05, 0) is 53.4 Å². The van der Waals surface area contributed by atoms with Gasteiger partial charge < -0.3 is 5.11 Å². The molecule has 8 heteroatoms. The summed E-state index contributed by atoms with van der Waals surface area (Å²) in [5.41, 5.74) is 2.33. The van der Waals surface area contributed by atoms with E-state index in [9.17, 15) is 18.0 Å². The van der Waals surface area contributed by atoms with Crippen molar-refractivity contribution in [2.75, 3.05) is 5.75 Å². The van der Waals surface area contributed by atoms with Crippen molar-refractivity contribution in [2.24, 2.45) is 0 Å². The van der Waals surface area contributed by atoms with Gasteiger partial charge in [-0.1, -0.05) is 39.8 Å².